The fourth-order valence-corrected chi connectivity index (χ4v) is 1.29. The highest BCUT2D eigenvalue weighted by Crippen LogP contribution is 2.27. The van der Waals surface area contributed by atoms with E-state index in [0.717, 1.165) is 19.3 Å². The van der Waals surface area contributed by atoms with Crippen LogP contribution in [0.5, 0.6) is 0 Å². The van der Waals surface area contributed by atoms with Gasteiger partial charge in [0.1, 0.15) is 6.42 Å². The Labute approximate surface area is 89.0 Å². The zero-order chi connectivity index (χ0) is 11.3. The van der Waals surface area contributed by atoms with Gasteiger partial charge in [0.25, 0.3) is 0 Å². The molecule has 0 unspecified atom stereocenters. The van der Waals surface area contributed by atoms with Crippen molar-refractivity contribution < 1.29 is 9.59 Å². The average Bonchev–Trinajstić information content (AvgIpc) is 2.99. The highest BCUT2D eigenvalue weighted by Gasteiger charge is 2.36. The average molecular weight is 209 g/mol. The Bertz CT molecular complexity index is 292. The molecule has 1 N–H and O–H groups in total. The van der Waals surface area contributed by atoms with Crippen molar-refractivity contribution in [2.24, 2.45) is 0 Å². The van der Waals surface area contributed by atoms with Crippen LogP contribution in [0.1, 0.15) is 32.6 Å². The van der Waals surface area contributed by atoms with E-state index < -0.39 is 5.91 Å². The molecule has 1 aliphatic carbocycles. The molecule has 0 saturated heterocycles. The lowest BCUT2D eigenvalue weighted by molar-refractivity contribution is -0.127. The van der Waals surface area contributed by atoms with E-state index in [1.807, 2.05) is 6.92 Å². The van der Waals surface area contributed by atoms with Crippen molar-refractivity contribution in [3.63, 3.8) is 0 Å². The van der Waals surface area contributed by atoms with Crippen LogP contribution >= 0.6 is 0 Å². The van der Waals surface area contributed by atoms with Gasteiger partial charge in [0.2, 0.25) is 5.91 Å². The number of rotatable bonds is 4. The predicted octanol–water partition coefficient (Wildman–Crippen LogP) is 1.01. The van der Waals surface area contributed by atoms with Gasteiger partial charge in [-0.05, 0) is 19.3 Å². The van der Waals surface area contributed by atoms with Crippen LogP contribution in [0.2, 0.25) is 0 Å². The van der Waals surface area contributed by atoms with Crippen LogP contribution in [-0.2, 0) is 4.79 Å². The molecule has 5 nitrogen and oxygen atoms in total. The number of nitrogens with one attached hydrogen (secondary N) is 1. The van der Waals surface area contributed by atoms with Crippen LogP contribution in [0, 0.1) is 11.3 Å². The van der Waals surface area contributed by atoms with E-state index in [1.54, 1.807) is 6.07 Å². The Morgan fingerprint density at radius 1 is 1.53 bits per heavy atom. The van der Waals surface area contributed by atoms with E-state index in [2.05, 4.69) is 5.32 Å². The van der Waals surface area contributed by atoms with Gasteiger partial charge in [-0.2, -0.15) is 5.26 Å². The molecule has 1 saturated carbocycles. The van der Waals surface area contributed by atoms with Gasteiger partial charge in [0.15, 0.2) is 0 Å². The third kappa shape index (κ3) is 3.24. The molecule has 0 aromatic rings. The first-order valence-electron chi connectivity index (χ1n) is 5.17. The minimum absolute atomic E-state index is 0.0164. The molecule has 1 fully saturated rings. The standard InChI is InChI=1S/C10H15N3O2/c1-2-7-12-10(15)13(8-3-4-8)9(14)5-6-11/h8H,2-5,7H2,1H3,(H,12,15). The largest absolute Gasteiger partial charge is 0.338 e. The topological polar surface area (TPSA) is 73.2 Å². The molecule has 0 heterocycles. The summed E-state index contributed by atoms with van der Waals surface area (Å²) in [6, 6.07) is 1.43. The molecule has 1 rings (SSSR count). The number of hydrogen-bond donors (Lipinski definition) is 1. The number of hydrogen-bond acceptors (Lipinski definition) is 3. The number of amides is 3. The van der Waals surface area contributed by atoms with Crippen LogP contribution in [0.15, 0.2) is 0 Å². The minimum Gasteiger partial charge on any atom is -0.338 e. The SMILES string of the molecule is CCCNC(=O)N(C(=O)CC#N)C1CC1. The summed E-state index contributed by atoms with van der Waals surface area (Å²) in [7, 11) is 0. The van der Waals surface area contributed by atoms with E-state index in [9.17, 15) is 9.59 Å². The summed E-state index contributed by atoms with van der Waals surface area (Å²) >= 11 is 0. The molecule has 0 aliphatic heterocycles. The summed E-state index contributed by atoms with van der Waals surface area (Å²) < 4.78 is 0. The van der Waals surface area contributed by atoms with Crippen molar-refractivity contribution in [2.75, 3.05) is 6.54 Å². The summed E-state index contributed by atoms with van der Waals surface area (Å²) in [6.07, 6.45) is 2.32. The third-order valence-electron chi connectivity index (χ3n) is 2.16. The quantitative estimate of drug-likeness (QED) is 0.751. The number of carbonyl (C=O) groups excluding carboxylic acids is 2. The Kier molecular flexibility index (Phi) is 4.10. The minimum atomic E-state index is -0.395. The second-order valence-corrected chi connectivity index (χ2v) is 3.56. The molecule has 3 amide bonds. The van der Waals surface area contributed by atoms with E-state index in [-0.39, 0.29) is 18.5 Å². The molecule has 0 spiro atoms. The van der Waals surface area contributed by atoms with Crippen molar-refractivity contribution in [1.82, 2.24) is 10.2 Å². The van der Waals surface area contributed by atoms with Gasteiger partial charge in [-0.25, -0.2) is 4.79 Å². The summed E-state index contributed by atoms with van der Waals surface area (Å²) in [4.78, 5) is 24.2. The maximum atomic E-state index is 11.6. The second kappa shape index (κ2) is 5.35. The fraction of sp³-hybridized carbons (Fsp3) is 0.700. The highest BCUT2D eigenvalue weighted by molar-refractivity contribution is 5.96. The number of urea groups is 1. The molecule has 82 valence electrons. The Morgan fingerprint density at radius 3 is 2.67 bits per heavy atom. The summed E-state index contributed by atoms with van der Waals surface area (Å²) in [5.74, 6) is -0.395. The number of carbonyl (C=O) groups is 2. The summed E-state index contributed by atoms with van der Waals surface area (Å²) in [5.41, 5.74) is 0. The molecular formula is C10H15N3O2. The third-order valence-corrected chi connectivity index (χ3v) is 2.16. The lowest BCUT2D eigenvalue weighted by Crippen LogP contribution is -2.45. The Morgan fingerprint density at radius 2 is 2.20 bits per heavy atom. The van der Waals surface area contributed by atoms with Gasteiger partial charge in [-0.3, -0.25) is 9.69 Å². The van der Waals surface area contributed by atoms with Gasteiger partial charge in [-0.15, -0.1) is 0 Å². The van der Waals surface area contributed by atoms with E-state index in [4.69, 9.17) is 5.26 Å². The maximum absolute atomic E-state index is 11.6. The number of nitriles is 1. The van der Waals surface area contributed by atoms with Crippen molar-refractivity contribution in [1.29, 1.82) is 5.26 Å². The van der Waals surface area contributed by atoms with Gasteiger partial charge in [0, 0.05) is 12.6 Å². The zero-order valence-electron chi connectivity index (χ0n) is 8.82. The molecule has 0 aromatic carbocycles. The first-order valence-corrected chi connectivity index (χ1v) is 5.17. The van der Waals surface area contributed by atoms with Gasteiger partial charge >= 0.3 is 6.03 Å². The Hall–Kier alpha value is -1.57. The van der Waals surface area contributed by atoms with Crippen molar-refractivity contribution in [3.8, 4) is 6.07 Å². The van der Waals surface area contributed by atoms with E-state index in [1.165, 1.54) is 4.90 Å². The van der Waals surface area contributed by atoms with Crippen molar-refractivity contribution in [3.05, 3.63) is 0 Å². The second-order valence-electron chi connectivity index (χ2n) is 3.56. The Balaban J connectivity index is 2.53. The first kappa shape index (κ1) is 11.5. The van der Waals surface area contributed by atoms with E-state index in [0.29, 0.717) is 6.54 Å². The molecule has 0 bridgehead atoms. The predicted molar refractivity (Wildman–Crippen MR) is 53.8 cm³/mol. The molecular weight excluding hydrogens is 194 g/mol. The first-order chi connectivity index (χ1) is 7.20. The summed E-state index contributed by atoms with van der Waals surface area (Å²) in [6.45, 7) is 2.50. The molecule has 1 aliphatic rings. The monoisotopic (exact) mass is 209 g/mol. The molecule has 5 heteroatoms. The molecule has 15 heavy (non-hydrogen) atoms. The molecule has 0 atom stereocenters. The van der Waals surface area contributed by atoms with Crippen molar-refractivity contribution >= 4 is 11.9 Å². The maximum Gasteiger partial charge on any atom is 0.324 e. The summed E-state index contributed by atoms with van der Waals surface area (Å²) in [5, 5.41) is 11.1. The van der Waals surface area contributed by atoms with Gasteiger partial charge in [0.05, 0.1) is 6.07 Å². The van der Waals surface area contributed by atoms with Gasteiger partial charge in [-0.1, -0.05) is 6.92 Å². The van der Waals surface area contributed by atoms with Crippen LogP contribution in [0.3, 0.4) is 0 Å². The van der Waals surface area contributed by atoms with Crippen LogP contribution < -0.4 is 5.32 Å². The van der Waals surface area contributed by atoms with Crippen molar-refractivity contribution in [2.45, 2.75) is 38.6 Å². The number of imide groups is 1. The smallest absolute Gasteiger partial charge is 0.324 e. The van der Waals surface area contributed by atoms with Crippen LogP contribution in [-0.4, -0.2) is 29.4 Å². The lowest BCUT2D eigenvalue weighted by atomic mass is 10.4. The zero-order valence-corrected chi connectivity index (χ0v) is 8.82. The molecule has 0 aromatic heterocycles. The lowest BCUT2D eigenvalue weighted by Gasteiger charge is -2.19. The molecule has 0 radical (unpaired) electrons. The normalized spacial score (nSPS) is 14.1. The number of nitrogens with zero attached hydrogens (tertiary/aromatic N) is 2. The van der Waals surface area contributed by atoms with Gasteiger partial charge < -0.3 is 5.32 Å². The van der Waals surface area contributed by atoms with Crippen LogP contribution in [0.25, 0.3) is 0 Å². The highest BCUT2D eigenvalue weighted by atomic mass is 16.2. The van der Waals surface area contributed by atoms with E-state index >= 15 is 0 Å². The fourth-order valence-electron chi connectivity index (χ4n) is 1.29. The van der Waals surface area contributed by atoms with Crippen LogP contribution in [0.4, 0.5) is 4.79 Å².